The third kappa shape index (κ3) is 3.38. The van der Waals surface area contributed by atoms with Crippen LogP contribution in [0.3, 0.4) is 0 Å². The molecule has 0 N–H and O–H groups in total. The summed E-state index contributed by atoms with van der Waals surface area (Å²) in [4.78, 5) is 0. The molecule has 0 unspecified atom stereocenters. The fraction of sp³-hybridized carbons (Fsp3) is 0.600. The van der Waals surface area contributed by atoms with Gasteiger partial charge < -0.3 is 4.43 Å². The second-order valence-corrected chi connectivity index (χ2v) is 11.3. The third-order valence-corrected chi connectivity index (χ3v) is 9.52. The fourth-order valence-corrected chi connectivity index (χ4v) is 4.52. The lowest BCUT2D eigenvalue weighted by molar-refractivity contribution is 0.393. The van der Waals surface area contributed by atoms with Crippen molar-refractivity contribution in [2.45, 2.75) is 51.2 Å². The average molecular weight is 329 g/mol. The van der Waals surface area contributed by atoms with E-state index < -0.39 is 8.32 Å². The predicted molar refractivity (Wildman–Crippen MR) is 86.1 cm³/mol. The summed E-state index contributed by atoms with van der Waals surface area (Å²) in [6.45, 7) is 13.8. The van der Waals surface area contributed by atoms with Gasteiger partial charge in [0, 0.05) is 5.33 Å². The molecule has 0 radical (unpaired) electrons. The minimum Gasteiger partial charge on any atom is -0.543 e. The lowest BCUT2D eigenvalue weighted by Crippen LogP contribution is -2.47. The maximum Gasteiger partial charge on any atom is 0.251 e. The minimum atomic E-state index is -1.77. The van der Waals surface area contributed by atoms with Crippen LogP contribution in [0.4, 0.5) is 0 Å². The van der Waals surface area contributed by atoms with E-state index in [1.807, 2.05) is 0 Å². The van der Waals surface area contributed by atoms with Crippen molar-refractivity contribution < 1.29 is 4.43 Å². The molecule has 1 aromatic carbocycles. The molecule has 0 fully saturated rings. The Morgan fingerprint density at radius 3 is 2.06 bits per heavy atom. The van der Waals surface area contributed by atoms with E-state index >= 15 is 0 Å². The summed E-state index contributed by atoms with van der Waals surface area (Å²) in [5.41, 5.74) is 1.28. The van der Waals surface area contributed by atoms with E-state index in [1.54, 1.807) is 0 Å². The van der Waals surface area contributed by atoms with Crippen molar-refractivity contribution in [3.8, 4) is 5.75 Å². The summed E-state index contributed by atoms with van der Waals surface area (Å²) in [5.74, 6) is 1.63. The average Bonchev–Trinajstić information content (AvgIpc) is 2.29. The summed E-state index contributed by atoms with van der Waals surface area (Å²) in [6, 6.07) is 8.41. The van der Waals surface area contributed by atoms with Gasteiger partial charge in [0.15, 0.2) is 0 Å². The Hall–Kier alpha value is -0.283. The number of halogens is 1. The number of hydrogen-bond donors (Lipinski definition) is 0. The van der Waals surface area contributed by atoms with E-state index in [9.17, 15) is 0 Å². The molecular formula is C15H25BrOSi. The van der Waals surface area contributed by atoms with Crippen molar-refractivity contribution in [2.24, 2.45) is 5.92 Å². The largest absolute Gasteiger partial charge is 0.543 e. The number of rotatable bonds is 5. The summed E-state index contributed by atoms with van der Waals surface area (Å²) >= 11 is 3.46. The van der Waals surface area contributed by atoms with Gasteiger partial charge in [0.25, 0.3) is 8.32 Å². The van der Waals surface area contributed by atoms with Crippen LogP contribution in [0.1, 0.15) is 33.3 Å². The Kier molecular flexibility index (Phi) is 5.07. The highest BCUT2D eigenvalue weighted by molar-refractivity contribution is 9.08. The summed E-state index contributed by atoms with van der Waals surface area (Å²) in [6.07, 6.45) is 0. The van der Waals surface area contributed by atoms with E-state index in [2.05, 4.69) is 81.0 Å². The van der Waals surface area contributed by atoms with Crippen LogP contribution in [0.5, 0.6) is 5.75 Å². The van der Waals surface area contributed by atoms with Gasteiger partial charge in [-0.1, -0.05) is 55.8 Å². The number of alkyl halides is 1. The fourth-order valence-electron chi connectivity index (χ4n) is 1.77. The minimum absolute atomic E-state index is 0.251. The third-order valence-electron chi connectivity index (χ3n) is 4.45. The molecule has 0 atom stereocenters. The maximum atomic E-state index is 6.35. The highest BCUT2D eigenvalue weighted by Gasteiger charge is 2.44. The van der Waals surface area contributed by atoms with Crippen molar-refractivity contribution in [2.75, 3.05) is 0 Å². The number of hydrogen-bond acceptors (Lipinski definition) is 1. The topological polar surface area (TPSA) is 9.23 Å². The Morgan fingerprint density at radius 1 is 1.17 bits per heavy atom. The molecule has 102 valence electrons. The smallest absolute Gasteiger partial charge is 0.251 e. The summed E-state index contributed by atoms with van der Waals surface area (Å²) in [5, 5.41) is 1.15. The standard InChI is InChI=1S/C15H25BrOSi/c1-12(2)15(3,4)18(5,6)17-14-9-7-13(11-16)8-10-14/h7-10,12H,11H2,1-6H3. The zero-order chi connectivity index (χ0) is 14.0. The predicted octanol–water partition coefficient (Wildman–Crippen LogP) is 5.60. The Morgan fingerprint density at radius 2 is 1.67 bits per heavy atom. The van der Waals surface area contributed by atoms with Gasteiger partial charge in [-0.3, -0.25) is 0 Å². The van der Waals surface area contributed by atoms with Crippen LogP contribution < -0.4 is 4.43 Å². The first-order valence-corrected chi connectivity index (χ1v) is 10.6. The summed E-state index contributed by atoms with van der Waals surface area (Å²) in [7, 11) is -1.77. The molecular weight excluding hydrogens is 304 g/mol. The molecule has 0 aliphatic rings. The van der Waals surface area contributed by atoms with Crippen molar-refractivity contribution in [1.29, 1.82) is 0 Å². The Balaban J connectivity index is 2.87. The highest BCUT2D eigenvalue weighted by Crippen LogP contribution is 2.44. The van der Waals surface area contributed by atoms with Gasteiger partial charge in [0.2, 0.25) is 0 Å². The van der Waals surface area contributed by atoms with E-state index in [0.29, 0.717) is 5.92 Å². The SMILES string of the molecule is CC(C)C(C)(C)[Si](C)(C)Oc1ccc(CBr)cc1. The summed E-state index contributed by atoms with van der Waals surface area (Å²) < 4.78 is 6.35. The second-order valence-electron chi connectivity index (χ2n) is 6.27. The lowest BCUT2D eigenvalue weighted by atomic mass is 9.99. The molecule has 0 heterocycles. The molecule has 1 nitrogen and oxygen atoms in total. The molecule has 0 spiro atoms. The lowest BCUT2D eigenvalue weighted by Gasteiger charge is -2.42. The van der Waals surface area contributed by atoms with Gasteiger partial charge in [0.1, 0.15) is 5.75 Å². The maximum absolute atomic E-state index is 6.35. The van der Waals surface area contributed by atoms with E-state index in [-0.39, 0.29) is 5.04 Å². The molecule has 0 saturated heterocycles. The normalized spacial score (nSPS) is 12.9. The van der Waals surface area contributed by atoms with Gasteiger partial charge in [-0.05, 0) is 41.7 Å². The van der Waals surface area contributed by atoms with Crippen LogP contribution in [0, 0.1) is 5.92 Å². The van der Waals surface area contributed by atoms with Gasteiger partial charge in [-0.15, -0.1) is 0 Å². The molecule has 3 heteroatoms. The molecule has 1 aromatic rings. The molecule has 0 amide bonds. The first-order chi connectivity index (χ1) is 8.20. The van der Waals surface area contributed by atoms with E-state index in [0.717, 1.165) is 11.1 Å². The second kappa shape index (κ2) is 5.79. The van der Waals surface area contributed by atoms with Gasteiger partial charge in [0.05, 0.1) is 0 Å². The van der Waals surface area contributed by atoms with E-state index in [4.69, 9.17) is 4.43 Å². The van der Waals surface area contributed by atoms with Gasteiger partial charge in [-0.2, -0.15) is 0 Å². The molecule has 18 heavy (non-hydrogen) atoms. The molecule has 1 rings (SSSR count). The first kappa shape index (κ1) is 15.8. The molecule has 0 saturated carbocycles. The van der Waals surface area contributed by atoms with Crippen molar-refractivity contribution in [3.05, 3.63) is 29.8 Å². The van der Waals surface area contributed by atoms with Crippen LogP contribution in [-0.4, -0.2) is 8.32 Å². The molecule has 0 bridgehead atoms. The van der Waals surface area contributed by atoms with Crippen LogP contribution in [0.2, 0.25) is 18.1 Å². The van der Waals surface area contributed by atoms with Crippen LogP contribution in [0.25, 0.3) is 0 Å². The zero-order valence-corrected chi connectivity index (χ0v) is 15.0. The molecule has 0 aliphatic heterocycles. The van der Waals surface area contributed by atoms with Crippen LogP contribution >= 0.6 is 15.9 Å². The van der Waals surface area contributed by atoms with Crippen molar-refractivity contribution in [3.63, 3.8) is 0 Å². The Labute approximate surface area is 121 Å². The molecule has 0 aromatic heterocycles. The highest BCUT2D eigenvalue weighted by atomic mass is 79.9. The van der Waals surface area contributed by atoms with Gasteiger partial charge >= 0.3 is 0 Å². The van der Waals surface area contributed by atoms with Crippen molar-refractivity contribution in [1.82, 2.24) is 0 Å². The van der Waals surface area contributed by atoms with Gasteiger partial charge in [-0.25, -0.2) is 0 Å². The number of benzene rings is 1. The van der Waals surface area contributed by atoms with Crippen molar-refractivity contribution >= 4 is 24.2 Å². The van der Waals surface area contributed by atoms with E-state index in [1.165, 1.54) is 5.56 Å². The van der Waals surface area contributed by atoms with Crippen LogP contribution in [0.15, 0.2) is 24.3 Å². The first-order valence-electron chi connectivity index (χ1n) is 6.54. The molecule has 0 aliphatic carbocycles. The van der Waals surface area contributed by atoms with Crippen LogP contribution in [-0.2, 0) is 5.33 Å². The quantitative estimate of drug-likeness (QED) is 0.504. The zero-order valence-electron chi connectivity index (χ0n) is 12.4. The monoisotopic (exact) mass is 328 g/mol. The Bertz CT molecular complexity index is 382.